The van der Waals surface area contributed by atoms with Crippen molar-refractivity contribution in [1.29, 1.82) is 0 Å². The van der Waals surface area contributed by atoms with Gasteiger partial charge in [-0.15, -0.1) is 5.10 Å². The molecule has 0 amide bonds. The van der Waals surface area contributed by atoms with Crippen LogP contribution in [0.25, 0.3) is 0 Å². The van der Waals surface area contributed by atoms with E-state index in [1.807, 2.05) is 24.1 Å². The normalized spacial score (nSPS) is 11.2. The molecule has 0 spiro atoms. The van der Waals surface area contributed by atoms with Gasteiger partial charge in [-0.2, -0.15) is 5.10 Å². The summed E-state index contributed by atoms with van der Waals surface area (Å²) in [6.07, 6.45) is 5.55. The van der Waals surface area contributed by atoms with Crippen LogP contribution in [0.4, 0.5) is 0 Å². The average molecular weight is 264 g/mol. The number of nitrogens with zero attached hydrogens (tertiary/aromatic N) is 5. The molecule has 0 radical (unpaired) electrons. The highest BCUT2D eigenvalue weighted by Crippen LogP contribution is 2.12. The Morgan fingerprint density at radius 3 is 2.89 bits per heavy atom. The van der Waals surface area contributed by atoms with Crippen molar-refractivity contribution in [2.24, 2.45) is 0 Å². The highest BCUT2D eigenvalue weighted by atomic mass is 16.5. The molecule has 7 heteroatoms. The molecule has 2 rings (SSSR count). The van der Waals surface area contributed by atoms with E-state index in [0.29, 0.717) is 19.2 Å². The number of ether oxygens (including phenoxy) is 1. The van der Waals surface area contributed by atoms with Crippen molar-refractivity contribution in [3.63, 3.8) is 0 Å². The zero-order valence-electron chi connectivity index (χ0n) is 11.6. The molecule has 2 aromatic rings. The van der Waals surface area contributed by atoms with Gasteiger partial charge in [0.2, 0.25) is 0 Å². The molecule has 2 heterocycles. The van der Waals surface area contributed by atoms with E-state index in [1.165, 1.54) is 0 Å². The Kier molecular flexibility index (Phi) is 4.51. The first kappa shape index (κ1) is 13.5. The maximum absolute atomic E-state index is 5.62. The zero-order chi connectivity index (χ0) is 13.7. The molecule has 104 valence electrons. The largest absolute Gasteiger partial charge is 0.488 e. The van der Waals surface area contributed by atoms with E-state index >= 15 is 0 Å². The molecule has 7 nitrogen and oxygen atoms in total. The lowest BCUT2D eigenvalue weighted by atomic mass is 10.4. The maximum Gasteiger partial charge on any atom is 0.157 e. The van der Waals surface area contributed by atoms with Gasteiger partial charge in [0.1, 0.15) is 6.61 Å². The van der Waals surface area contributed by atoms with Crippen molar-refractivity contribution in [3.8, 4) is 5.75 Å². The predicted octanol–water partition coefficient (Wildman–Crippen LogP) is 0.854. The summed E-state index contributed by atoms with van der Waals surface area (Å²) in [5.74, 6) is 0.782. The van der Waals surface area contributed by atoms with Crippen molar-refractivity contribution in [2.75, 3.05) is 13.7 Å². The second kappa shape index (κ2) is 6.33. The molecule has 0 unspecified atom stereocenters. The molecule has 0 saturated heterocycles. The second-order valence-corrected chi connectivity index (χ2v) is 4.60. The van der Waals surface area contributed by atoms with Gasteiger partial charge in [0.15, 0.2) is 5.75 Å². The van der Waals surface area contributed by atoms with Crippen LogP contribution >= 0.6 is 0 Å². The Balaban J connectivity index is 1.78. The summed E-state index contributed by atoms with van der Waals surface area (Å²) in [4.78, 5) is 0. The minimum absolute atomic E-state index is 0.344. The van der Waals surface area contributed by atoms with E-state index in [0.717, 1.165) is 18.0 Å². The molecule has 0 fully saturated rings. The van der Waals surface area contributed by atoms with Crippen LogP contribution < -0.4 is 10.1 Å². The summed E-state index contributed by atoms with van der Waals surface area (Å²) in [5, 5.41) is 15.3. The molecule has 0 atom stereocenters. The van der Waals surface area contributed by atoms with Crippen molar-refractivity contribution in [3.05, 3.63) is 24.3 Å². The van der Waals surface area contributed by atoms with Crippen LogP contribution in [0.3, 0.4) is 0 Å². The summed E-state index contributed by atoms with van der Waals surface area (Å²) >= 11 is 0. The molecule has 0 bridgehead atoms. The lowest BCUT2D eigenvalue weighted by Gasteiger charge is -2.04. The molecular formula is C12H20N6O. The molecule has 1 N–H and O–H groups in total. The van der Waals surface area contributed by atoms with Gasteiger partial charge >= 0.3 is 0 Å². The van der Waals surface area contributed by atoms with E-state index in [2.05, 4.69) is 34.6 Å². The predicted molar refractivity (Wildman–Crippen MR) is 70.9 cm³/mol. The fourth-order valence-electron chi connectivity index (χ4n) is 1.64. The monoisotopic (exact) mass is 264 g/mol. The van der Waals surface area contributed by atoms with Crippen molar-refractivity contribution >= 4 is 0 Å². The maximum atomic E-state index is 5.62. The number of aromatic nitrogens is 5. The molecule has 0 saturated carbocycles. The van der Waals surface area contributed by atoms with E-state index in [1.54, 1.807) is 10.9 Å². The van der Waals surface area contributed by atoms with Gasteiger partial charge < -0.3 is 10.1 Å². The fourth-order valence-corrected chi connectivity index (χ4v) is 1.64. The van der Waals surface area contributed by atoms with Crippen molar-refractivity contribution < 1.29 is 4.74 Å². The van der Waals surface area contributed by atoms with Gasteiger partial charge in [0.05, 0.1) is 24.6 Å². The Morgan fingerprint density at radius 1 is 1.37 bits per heavy atom. The van der Waals surface area contributed by atoms with Crippen LogP contribution in [0.15, 0.2) is 18.6 Å². The highest BCUT2D eigenvalue weighted by molar-refractivity contribution is 5.11. The van der Waals surface area contributed by atoms with Crippen molar-refractivity contribution in [1.82, 2.24) is 30.1 Å². The van der Waals surface area contributed by atoms with Gasteiger partial charge in [-0.3, -0.25) is 4.68 Å². The number of nitrogens with one attached hydrogen (secondary N) is 1. The molecule has 19 heavy (non-hydrogen) atoms. The molecular weight excluding hydrogens is 244 g/mol. The van der Waals surface area contributed by atoms with Gasteiger partial charge in [-0.05, 0) is 20.9 Å². The quantitative estimate of drug-likeness (QED) is 0.803. The number of rotatable bonds is 7. The number of hydrogen-bond acceptors (Lipinski definition) is 5. The molecule has 2 aromatic heterocycles. The van der Waals surface area contributed by atoms with Crippen LogP contribution in [0.5, 0.6) is 5.75 Å². The first-order chi connectivity index (χ1) is 9.19. The third-order valence-electron chi connectivity index (χ3n) is 2.64. The molecule has 0 aromatic carbocycles. The number of hydrogen-bond donors (Lipinski definition) is 1. The zero-order valence-corrected chi connectivity index (χ0v) is 11.6. The van der Waals surface area contributed by atoms with Crippen LogP contribution in [0, 0.1) is 0 Å². The molecule has 0 aliphatic rings. The molecule has 0 aliphatic carbocycles. The lowest BCUT2D eigenvalue weighted by molar-refractivity contribution is 0.289. The van der Waals surface area contributed by atoms with E-state index < -0.39 is 0 Å². The van der Waals surface area contributed by atoms with Gasteiger partial charge in [-0.25, -0.2) is 4.68 Å². The van der Waals surface area contributed by atoms with Gasteiger partial charge in [0, 0.05) is 18.8 Å². The third-order valence-corrected chi connectivity index (χ3v) is 2.64. The van der Waals surface area contributed by atoms with Gasteiger partial charge in [-0.1, -0.05) is 5.21 Å². The smallest absolute Gasteiger partial charge is 0.157 e. The Hall–Kier alpha value is -1.89. The van der Waals surface area contributed by atoms with E-state index in [4.69, 9.17) is 4.74 Å². The van der Waals surface area contributed by atoms with Gasteiger partial charge in [0.25, 0.3) is 0 Å². The summed E-state index contributed by atoms with van der Waals surface area (Å²) in [5.41, 5.74) is 0.926. The van der Waals surface area contributed by atoms with E-state index in [9.17, 15) is 0 Å². The van der Waals surface area contributed by atoms with Crippen LogP contribution in [-0.2, 0) is 13.1 Å². The highest BCUT2D eigenvalue weighted by Gasteiger charge is 2.03. The minimum atomic E-state index is 0.344. The van der Waals surface area contributed by atoms with Crippen LogP contribution in [0.1, 0.15) is 25.6 Å². The third kappa shape index (κ3) is 3.78. The standard InChI is InChI=1S/C12H20N6O/c1-10(2)18-9-12(7-14-18)19-5-4-17-8-11(6-13-3)15-16-17/h7-10,13H,4-6H2,1-3H3. The average Bonchev–Trinajstić information content (AvgIpc) is 2.99. The molecule has 0 aliphatic heterocycles. The Morgan fingerprint density at radius 2 is 2.21 bits per heavy atom. The Labute approximate surface area is 112 Å². The van der Waals surface area contributed by atoms with Crippen LogP contribution in [0.2, 0.25) is 0 Å². The van der Waals surface area contributed by atoms with E-state index in [-0.39, 0.29) is 0 Å². The Bertz CT molecular complexity index is 504. The first-order valence-electron chi connectivity index (χ1n) is 6.39. The summed E-state index contributed by atoms with van der Waals surface area (Å²) in [7, 11) is 1.88. The summed E-state index contributed by atoms with van der Waals surface area (Å²) in [6.45, 7) is 6.10. The second-order valence-electron chi connectivity index (χ2n) is 4.60. The topological polar surface area (TPSA) is 69.8 Å². The van der Waals surface area contributed by atoms with Crippen molar-refractivity contribution in [2.45, 2.75) is 33.0 Å². The lowest BCUT2D eigenvalue weighted by Crippen LogP contribution is -2.08. The summed E-state index contributed by atoms with van der Waals surface area (Å²) in [6, 6.07) is 0.344. The van der Waals surface area contributed by atoms with Crippen LogP contribution in [-0.4, -0.2) is 38.4 Å². The SMILES string of the molecule is CNCc1cn(CCOc2cnn(C(C)C)c2)nn1. The minimum Gasteiger partial charge on any atom is -0.488 e. The fraction of sp³-hybridized carbons (Fsp3) is 0.583. The first-order valence-corrected chi connectivity index (χ1v) is 6.39. The summed E-state index contributed by atoms with van der Waals surface area (Å²) < 4.78 is 9.27.